The molecule has 0 aromatic heterocycles. The maximum absolute atomic E-state index is 12.2. The summed E-state index contributed by atoms with van der Waals surface area (Å²) in [5.74, 6) is 0. The van der Waals surface area contributed by atoms with Crippen LogP contribution < -0.4 is 0 Å². The first-order valence-electron chi connectivity index (χ1n) is 5.88. The molecule has 0 atom stereocenters. The largest absolute Gasteiger partial charge is 0.396 e. The highest BCUT2D eigenvalue weighted by Gasteiger charge is 2.30. The molecule has 0 aliphatic carbocycles. The van der Waals surface area contributed by atoms with Gasteiger partial charge in [0.1, 0.15) is 0 Å². The van der Waals surface area contributed by atoms with E-state index in [4.69, 9.17) is 9.84 Å². The molecule has 1 heterocycles. The van der Waals surface area contributed by atoms with Crippen LogP contribution in [0, 0.1) is 0 Å². The topological polar surface area (TPSA) is 70.1 Å². The van der Waals surface area contributed by atoms with Gasteiger partial charge in [-0.1, -0.05) is 0 Å². The molecule has 0 aromatic rings. The van der Waals surface area contributed by atoms with Crippen molar-refractivity contribution >= 4 is 10.2 Å². The predicted molar refractivity (Wildman–Crippen MR) is 64.9 cm³/mol. The quantitative estimate of drug-likeness (QED) is 0.714. The summed E-state index contributed by atoms with van der Waals surface area (Å²) in [5, 5.41) is 8.72. The van der Waals surface area contributed by atoms with Crippen LogP contribution in [0.15, 0.2) is 0 Å². The van der Waals surface area contributed by atoms with Gasteiger partial charge in [-0.3, -0.25) is 0 Å². The van der Waals surface area contributed by atoms with Crippen molar-refractivity contribution in [1.82, 2.24) is 8.61 Å². The van der Waals surface area contributed by atoms with Crippen LogP contribution in [0.3, 0.4) is 0 Å². The lowest BCUT2D eigenvalue weighted by atomic mass is 10.1. The van der Waals surface area contributed by atoms with Crippen LogP contribution >= 0.6 is 0 Å². The lowest BCUT2D eigenvalue weighted by Gasteiger charge is -2.33. The molecule has 1 aliphatic heterocycles. The molecule has 0 unspecified atom stereocenters. The normalized spacial score (nSPS) is 19.1. The summed E-state index contributed by atoms with van der Waals surface area (Å²) < 4.78 is 32.3. The van der Waals surface area contributed by atoms with Crippen LogP contribution in [0.2, 0.25) is 0 Å². The molecule has 0 bridgehead atoms. The molecule has 0 radical (unpaired) electrons. The third kappa shape index (κ3) is 3.89. The minimum Gasteiger partial charge on any atom is -0.396 e. The summed E-state index contributed by atoms with van der Waals surface area (Å²) >= 11 is 0. The highest BCUT2D eigenvalue weighted by molar-refractivity contribution is 7.86. The molecule has 1 fully saturated rings. The van der Waals surface area contributed by atoms with E-state index in [0.717, 1.165) is 12.8 Å². The van der Waals surface area contributed by atoms with Crippen molar-refractivity contribution in [2.75, 3.05) is 40.5 Å². The summed E-state index contributed by atoms with van der Waals surface area (Å²) in [4.78, 5) is 0. The smallest absolute Gasteiger partial charge is 0.281 e. The van der Waals surface area contributed by atoms with Gasteiger partial charge in [0.05, 0.1) is 0 Å². The van der Waals surface area contributed by atoms with E-state index >= 15 is 0 Å². The van der Waals surface area contributed by atoms with Crippen molar-refractivity contribution in [3.05, 3.63) is 0 Å². The van der Waals surface area contributed by atoms with E-state index in [1.807, 2.05) is 0 Å². The van der Waals surface area contributed by atoms with Gasteiger partial charge < -0.3 is 9.84 Å². The molecule has 0 amide bonds. The fraction of sp³-hybridized carbons (Fsp3) is 1.00. The Hall–Kier alpha value is -0.210. The Morgan fingerprint density at radius 2 is 1.88 bits per heavy atom. The summed E-state index contributed by atoms with van der Waals surface area (Å²) in [6, 6.07) is 0.0188. The molecule has 17 heavy (non-hydrogen) atoms. The lowest BCUT2D eigenvalue weighted by Crippen LogP contribution is -2.47. The van der Waals surface area contributed by atoms with Gasteiger partial charge in [-0.15, -0.1) is 0 Å². The molecule has 0 spiro atoms. The average Bonchev–Trinajstić information content (AvgIpc) is 2.35. The van der Waals surface area contributed by atoms with Gasteiger partial charge in [-0.05, 0) is 19.3 Å². The Balaban J connectivity index is 2.61. The zero-order chi connectivity index (χ0) is 12.9. The molecule has 1 aliphatic rings. The molecule has 6 nitrogen and oxygen atoms in total. The molecule has 1 saturated heterocycles. The predicted octanol–water partition coefficient (Wildman–Crippen LogP) is -0.344. The van der Waals surface area contributed by atoms with Crippen LogP contribution in [0.4, 0.5) is 0 Å². The maximum atomic E-state index is 12.2. The van der Waals surface area contributed by atoms with Gasteiger partial charge in [0, 0.05) is 46.5 Å². The van der Waals surface area contributed by atoms with E-state index in [9.17, 15) is 8.42 Å². The number of ether oxygens (including phenoxy) is 1. The number of nitrogens with zero attached hydrogens (tertiary/aromatic N) is 2. The second-order valence-electron chi connectivity index (χ2n) is 4.27. The van der Waals surface area contributed by atoms with Crippen LogP contribution in [0.25, 0.3) is 0 Å². The Labute approximate surface area is 103 Å². The van der Waals surface area contributed by atoms with E-state index in [1.165, 1.54) is 8.61 Å². The first-order valence-corrected chi connectivity index (χ1v) is 7.27. The summed E-state index contributed by atoms with van der Waals surface area (Å²) in [6.45, 7) is 1.57. The van der Waals surface area contributed by atoms with Gasteiger partial charge >= 0.3 is 0 Å². The van der Waals surface area contributed by atoms with Crippen molar-refractivity contribution < 1.29 is 18.3 Å². The van der Waals surface area contributed by atoms with Gasteiger partial charge in [0.25, 0.3) is 10.2 Å². The number of aliphatic hydroxyl groups is 1. The van der Waals surface area contributed by atoms with E-state index < -0.39 is 10.2 Å². The van der Waals surface area contributed by atoms with Gasteiger partial charge in [0.2, 0.25) is 0 Å². The zero-order valence-electron chi connectivity index (χ0n) is 10.5. The van der Waals surface area contributed by atoms with Crippen molar-refractivity contribution in [3.8, 4) is 0 Å². The first-order chi connectivity index (χ1) is 8.00. The number of aliphatic hydroxyl groups excluding tert-OH is 1. The maximum Gasteiger partial charge on any atom is 0.281 e. The van der Waals surface area contributed by atoms with Gasteiger partial charge in [0.15, 0.2) is 0 Å². The van der Waals surface area contributed by atoms with Gasteiger partial charge in [-0.25, -0.2) is 0 Å². The highest BCUT2D eigenvalue weighted by Crippen LogP contribution is 2.17. The minimum atomic E-state index is -3.41. The molecule has 7 heteroatoms. The second-order valence-corrected chi connectivity index (χ2v) is 6.36. The summed E-state index contributed by atoms with van der Waals surface area (Å²) in [7, 11) is -0.257. The molecular formula is C10H22N2O4S. The Morgan fingerprint density at radius 3 is 2.41 bits per heavy atom. The van der Waals surface area contributed by atoms with Crippen LogP contribution in [0.5, 0.6) is 0 Å². The van der Waals surface area contributed by atoms with Crippen molar-refractivity contribution in [1.29, 1.82) is 0 Å². The van der Waals surface area contributed by atoms with Crippen LogP contribution in [-0.4, -0.2) is 68.6 Å². The standard InChI is InChI=1S/C10H22N2O4S/c1-11(6-3-7-13)17(14,15)12(2)10-4-8-16-9-5-10/h10,13H,3-9H2,1-2H3. The zero-order valence-corrected chi connectivity index (χ0v) is 11.3. The molecule has 0 aromatic carbocycles. The van der Waals surface area contributed by atoms with Crippen molar-refractivity contribution in [2.24, 2.45) is 0 Å². The summed E-state index contributed by atoms with van der Waals surface area (Å²) in [6.07, 6.45) is 1.94. The number of hydrogen-bond acceptors (Lipinski definition) is 4. The van der Waals surface area contributed by atoms with Crippen molar-refractivity contribution in [3.63, 3.8) is 0 Å². The first kappa shape index (κ1) is 14.8. The average molecular weight is 266 g/mol. The van der Waals surface area contributed by atoms with Crippen LogP contribution in [-0.2, 0) is 14.9 Å². The third-order valence-electron chi connectivity index (χ3n) is 3.09. The van der Waals surface area contributed by atoms with E-state index in [1.54, 1.807) is 14.1 Å². The monoisotopic (exact) mass is 266 g/mol. The minimum absolute atomic E-state index is 0.000836. The van der Waals surface area contributed by atoms with E-state index in [-0.39, 0.29) is 12.6 Å². The lowest BCUT2D eigenvalue weighted by molar-refractivity contribution is 0.0620. The molecule has 102 valence electrons. The fourth-order valence-corrected chi connectivity index (χ4v) is 3.25. The Morgan fingerprint density at radius 1 is 1.29 bits per heavy atom. The van der Waals surface area contributed by atoms with E-state index in [2.05, 4.69) is 0 Å². The Kier molecular flexibility index (Phi) is 5.81. The SMILES string of the molecule is CN(CCCO)S(=O)(=O)N(C)C1CCOCC1. The van der Waals surface area contributed by atoms with Gasteiger partial charge in [-0.2, -0.15) is 17.0 Å². The molecule has 0 saturated carbocycles. The molecule has 1 rings (SSSR count). The third-order valence-corrected chi connectivity index (χ3v) is 5.09. The molecular weight excluding hydrogens is 244 g/mol. The Bertz CT molecular complexity index is 314. The number of hydrogen-bond donors (Lipinski definition) is 1. The van der Waals surface area contributed by atoms with E-state index in [0.29, 0.717) is 26.2 Å². The number of rotatable bonds is 6. The second kappa shape index (κ2) is 6.65. The highest BCUT2D eigenvalue weighted by atomic mass is 32.2. The molecule has 1 N–H and O–H groups in total. The van der Waals surface area contributed by atoms with Crippen LogP contribution in [0.1, 0.15) is 19.3 Å². The fourth-order valence-electron chi connectivity index (χ4n) is 1.87. The summed E-state index contributed by atoms with van der Waals surface area (Å²) in [5.41, 5.74) is 0. The van der Waals surface area contributed by atoms with Crippen molar-refractivity contribution in [2.45, 2.75) is 25.3 Å².